The molecule has 1 atom stereocenters. The van der Waals surface area contributed by atoms with Gasteiger partial charge in [0.1, 0.15) is 5.75 Å². The lowest BCUT2D eigenvalue weighted by molar-refractivity contribution is 0.0447. The molecule has 0 N–H and O–H groups in total. The Bertz CT molecular complexity index is 1170. The molecule has 0 spiro atoms. The molecule has 0 aliphatic heterocycles. The fourth-order valence-corrected chi connectivity index (χ4v) is 4.17. The third kappa shape index (κ3) is 11.0. The molecular weight excluding hydrogens is 480 g/mol. The van der Waals surface area contributed by atoms with E-state index in [1.807, 2.05) is 24.3 Å². The van der Waals surface area contributed by atoms with Gasteiger partial charge in [-0.2, -0.15) is 0 Å². The van der Waals surface area contributed by atoms with Crippen LogP contribution in [-0.2, 0) is 4.74 Å². The average Bonchev–Trinajstić information content (AvgIpc) is 2.98. The molecule has 0 heterocycles. The molecule has 0 amide bonds. The van der Waals surface area contributed by atoms with E-state index in [1.165, 1.54) is 44.9 Å². The molecule has 206 valence electrons. The Hall–Kier alpha value is -3.51. The molecule has 3 aromatic rings. The molecule has 0 aromatic heterocycles. The number of benzene rings is 3. The van der Waals surface area contributed by atoms with Crippen LogP contribution in [0.2, 0.25) is 0 Å². The fraction of sp³-hybridized carbons (Fsp3) is 0.417. The van der Waals surface area contributed by atoms with Gasteiger partial charge < -0.3 is 9.47 Å². The summed E-state index contributed by atoms with van der Waals surface area (Å²) in [6.07, 6.45) is 11.4. The van der Waals surface area contributed by atoms with Gasteiger partial charge in [-0.25, -0.2) is 4.79 Å². The number of carbonyl (C=O) groups excluding carboxylic acids is 1. The van der Waals surface area contributed by atoms with Crippen LogP contribution in [0.25, 0.3) is 11.1 Å². The van der Waals surface area contributed by atoms with Gasteiger partial charge in [-0.3, -0.25) is 0 Å². The number of hydrogen-bond acceptors (Lipinski definition) is 3. The lowest BCUT2D eigenvalue weighted by Gasteiger charge is -2.09. The Morgan fingerprint density at radius 1 is 0.692 bits per heavy atom. The first-order chi connectivity index (χ1) is 19.1. The summed E-state index contributed by atoms with van der Waals surface area (Å²) in [7, 11) is 0. The van der Waals surface area contributed by atoms with Gasteiger partial charge in [0.25, 0.3) is 0 Å². The minimum atomic E-state index is -0.284. The molecule has 39 heavy (non-hydrogen) atoms. The first-order valence-electron chi connectivity index (χ1n) is 14.7. The van der Waals surface area contributed by atoms with E-state index >= 15 is 0 Å². The van der Waals surface area contributed by atoms with Crippen molar-refractivity contribution in [3.8, 4) is 28.7 Å². The van der Waals surface area contributed by atoms with Crippen molar-refractivity contribution in [2.24, 2.45) is 5.92 Å². The Morgan fingerprint density at radius 2 is 1.21 bits per heavy atom. The molecule has 3 nitrogen and oxygen atoms in total. The van der Waals surface area contributed by atoms with E-state index in [2.05, 4.69) is 69.0 Å². The molecule has 3 heteroatoms. The molecule has 0 saturated carbocycles. The first kappa shape index (κ1) is 30.0. The third-order valence-electron chi connectivity index (χ3n) is 7.01. The zero-order chi connectivity index (χ0) is 27.7. The molecule has 0 aliphatic carbocycles. The third-order valence-corrected chi connectivity index (χ3v) is 7.01. The first-order valence-corrected chi connectivity index (χ1v) is 14.7. The summed E-state index contributed by atoms with van der Waals surface area (Å²) < 4.78 is 11.3. The molecule has 0 fully saturated rings. The highest BCUT2D eigenvalue weighted by Gasteiger charge is 2.08. The minimum absolute atomic E-state index is 0.284. The van der Waals surface area contributed by atoms with Crippen molar-refractivity contribution in [3.05, 3.63) is 89.5 Å². The van der Waals surface area contributed by atoms with Crippen molar-refractivity contribution in [2.75, 3.05) is 13.2 Å². The lowest BCUT2D eigenvalue weighted by atomic mass is 10.0. The highest BCUT2D eigenvalue weighted by Crippen LogP contribution is 2.23. The summed E-state index contributed by atoms with van der Waals surface area (Å²) in [5.41, 5.74) is 4.67. The number of rotatable bonds is 15. The van der Waals surface area contributed by atoms with Gasteiger partial charge in [-0.1, -0.05) is 108 Å². The van der Waals surface area contributed by atoms with Crippen LogP contribution in [0, 0.1) is 17.8 Å². The molecule has 0 radical (unpaired) electrons. The molecule has 3 rings (SSSR count). The van der Waals surface area contributed by atoms with E-state index in [9.17, 15) is 4.79 Å². The van der Waals surface area contributed by atoms with Gasteiger partial charge in [-0.05, 0) is 72.0 Å². The fourth-order valence-electron chi connectivity index (χ4n) is 4.17. The maximum absolute atomic E-state index is 12.2. The molecular formula is C36H44O3. The van der Waals surface area contributed by atoms with Gasteiger partial charge in [0.2, 0.25) is 0 Å². The Morgan fingerprint density at radius 3 is 1.77 bits per heavy atom. The number of unbranched alkanes of at least 4 members (excludes halogenated alkanes) is 7. The summed E-state index contributed by atoms with van der Waals surface area (Å²) >= 11 is 0. The maximum Gasteiger partial charge on any atom is 0.338 e. The van der Waals surface area contributed by atoms with Crippen LogP contribution in [0.15, 0.2) is 72.8 Å². The monoisotopic (exact) mass is 524 g/mol. The van der Waals surface area contributed by atoms with Crippen molar-refractivity contribution in [2.45, 2.75) is 78.6 Å². The zero-order valence-electron chi connectivity index (χ0n) is 24.0. The summed E-state index contributed by atoms with van der Waals surface area (Å²) in [5.74, 6) is 7.40. The molecule has 0 saturated heterocycles. The van der Waals surface area contributed by atoms with Crippen LogP contribution in [0.1, 0.15) is 100 Å². The second kappa shape index (κ2) is 17.2. The van der Waals surface area contributed by atoms with E-state index < -0.39 is 0 Å². The topological polar surface area (TPSA) is 35.5 Å². The largest absolute Gasteiger partial charge is 0.494 e. The average molecular weight is 525 g/mol. The van der Waals surface area contributed by atoms with Crippen molar-refractivity contribution >= 4 is 5.97 Å². The van der Waals surface area contributed by atoms with Crippen molar-refractivity contribution < 1.29 is 14.3 Å². The van der Waals surface area contributed by atoms with Crippen LogP contribution in [0.4, 0.5) is 0 Å². The van der Waals surface area contributed by atoms with Gasteiger partial charge >= 0.3 is 5.97 Å². The van der Waals surface area contributed by atoms with Crippen molar-refractivity contribution in [1.82, 2.24) is 0 Å². The number of hydrogen-bond donors (Lipinski definition) is 0. The Kier molecular flexibility index (Phi) is 13.2. The Balaban J connectivity index is 1.43. The minimum Gasteiger partial charge on any atom is -0.494 e. The van der Waals surface area contributed by atoms with E-state index in [0.29, 0.717) is 18.1 Å². The number of ether oxygens (including phenoxy) is 2. The van der Waals surface area contributed by atoms with E-state index in [4.69, 9.17) is 9.47 Å². The summed E-state index contributed by atoms with van der Waals surface area (Å²) in [6.45, 7) is 7.66. The summed E-state index contributed by atoms with van der Waals surface area (Å²) in [5, 5.41) is 0. The molecule has 0 bridgehead atoms. The highest BCUT2D eigenvalue weighted by atomic mass is 16.5. The molecule has 0 aliphatic rings. The Labute approximate surface area is 236 Å². The maximum atomic E-state index is 12.2. The number of esters is 1. The van der Waals surface area contributed by atoms with Gasteiger partial charge in [-0.15, -0.1) is 0 Å². The van der Waals surface area contributed by atoms with Crippen molar-refractivity contribution in [1.29, 1.82) is 0 Å². The second-order valence-corrected chi connectivity index (χ2v) is 10.4. The summed E-state index contributed by atoms with van der Waals surface area (Å²) in [4.78, 5) is 12.2. The van der Waals surface area contributed by atoms with E-state index in [-0.39, 0.29) is 5.97 Å². The standard InChI is InChI=1S/C36H44O3/c1-4-6-7-8-9-10-11-12-27-38-35-25-23-33(24-26-35)32-19-15-30(16-20-32)13-14-31-17-21-34(22-18-31)36(37)39-28-29(3)5-2/h15-26,29H,4-12,27-28H2,1-3H3/t29-/m1/s1. The predicted molar refractivity (Wildman–Crippen MR) is 162 cm³/mol. The van der Waals surface area contributed by atoms with Crippen LogP contribution in [0.5, 0.6) is 5.75 Å². The summed E-state index contributed by atoms with van der Waals surface area (Å²) in [6, 6.07) is 23.9. The predicted octanol–water partition coefficient (Wildman–Crippen LogP) is 9.48. The smallest absolute Gasteiger partial charge is 0.338 e. The second-order valence-electron chi connectivity index (χ2n) is 10.4. The highest BCUT2D eigenvalue weighted by molar-refractivity contribution is 5.89. The normalized spacial score (nSPS) is 11.4. The quantitative estimate of drug-likeness (QED) is 0.113. The van der Waals surface area contributed by atoms with Crippen LogP contribution < -0.4 is 4.74 Å². The van der Waals surface area contributed by atoms with Crippen molar-refractivity contribution in [3.63, 3.8) is 0 Å². The zero-order valence-corrected chi connectivity index (χ0v) is 24.0. The van der Waals surface area contributed by atoms with Crippen LogP contribution in [-0.4, -0.2) is 19.2 Å². The SMILES string of the molecule is CCCCCCCCCCOc1ccc(-c2ccc(C#Cc3ccc(C(=O)OC[C@H](C)CC)cc3)cc2)cc1. The van der Waals surface area contributed by atoms with Gasteiger partial charge in [0.15, 0.2) is 0 Å². The van der Waals surface area contributed by atoms with E-state index in [0.717, 1.165) is 47.5 Å². The van der Waals surface area contributed by atoms with Crippen LogP contribution in [0.3, 0.4) is 0 Å². The van der Waals surface area contributed by atoms with Gasteiger partial charge in [0.05, 0.1) is 18.8 Å². The van der Waals surface area contributed by atoms with Gasteiger partial charge in [0, 0.05) is 11.1 Å². The molecule has 0 unspecified atom stereocenters. The molecule has 3 aromatic carbocycles. The van der Waals surface area contributed by atoms with Crippen LogP contribution >= 0.6 is 0 Å². The number of carbonyl (C=O) groups is 1. The lowest BCUT2D eigenvalue weighted by Crippen LogP contribution is -2.11. The van der Waals surface area contributed by atoms with E-state index in [1.54, 1.807) is 12.1 Å².